The molecule has 0 fully saturated rings. The van der Waals surface area contributed by atoms with Crippen LogP contribution >= 0.6 is 0 Å². The number of hydrogen-bond acceptors (Lipinski definition) is 5. The summed E-state index contributed by atoms with van der Waals surface area (Å²) in [6.45, 7) is 16.3. The van der Waals surface area contributed by atoms with Gasteiger partial charge in [0.15, 0.2) is 13.9 Å². The van der Waals surface area contributed by atoms with Crippen LogP contribution in [0.1, 0.15) is 33.3 Å². The number of carbonyl (C=O) groups excluding carboxylic acids is 1. The van der Waals surface area contributed by atoms with E-state index in [9.17, 15) is 4.79 Å². The maximum atomic E-state index is 12.5. The van der Waals surface area contributed by atoms with Gasteiger partial charge in [0.25, 0.3) is 5.91 Å². The van der Waals surface area contributed by atoms with Gasteiger partial charge in [-0.2, -0.15) is 0 Å². The average Bonchev–Trinajstić information content (AvgIpc) is 2.63. The molecule has 0 bridgehead atoms. The summed E-state index contributed by atoms with van der Waals surface area (Å²) in [7, 11) is 0.820. The Morgan fingerprint density at radius 2 is 1.72 bits per heavy atom. The topological polar surface area (TPSA) is 80.0 Å². The van der Waals surface area contributed by atoms with Crippen molar-refractivity contribution in [2.75, 3.05) is 14.2 Å². The molecule has 1 amide bonds. The van der Waals surface area contributed by atoms with Crippen LogP contribution in [0.15, 0.2) is 36.9 Å². The van der Waals surface area contributed by atoms with Gasteiger partial charge in [-0.05, 0) is 42.8 Å². The van der Waals surface area contributed by atoms with E-state index < -0.39 is 32.0 Å². The second kappa shape index (κ2) is 9.89. The fraction of sp³-hybridized carbons (Fsp3) is 0.591. The van der Waals surface area contributed by atoms with Crippen LogP contribution in [0.5, 0.6) is 5.75 Å². The van der Waals surface area contributed by atoms with E-state index >= 15 is 0 Å². The number of ether oxygens (including phenoxy) is 3. The van der Waals surface area contributed by atoms with Crippen molar-refractivity contribution in [1.82, 2.24) is 0 Å². The molecule has 1 aromatic rings. The Labute approximate surface area is 176 Å². The molecule has 1 unspecified atom stereocenters. The summed E-state index contributed by atoms with van der Waals surface area (Å²) in [5, 5.41) is -0.102. The summed E-state index contributed by atoms with van der Waals surface area (Å²) in [4.78, 5) is 12.5. The standard InChI is InChI=1S/C22H37NO5Si/c1-10-18(27-15-16-11-13-17(25-6)14-12-16)19(26-7)22(5,20(23)24)28-29(8,9)21(2,3)4/h10-14,18-19H,1,15H2,2-9H3,(H2,23,24)/t18-,19?,22-/m0/s1. The second-order valence-electron chi connectivity index (χ2n) is 8.85. The number of amides is 1. The summed E-state index contributed by atoms with van der Waals surface area (Å²) in [6.07, 6.45) is 0.280. The summed E-state index contributed by atoms with van der Waals surface area (Å²) in [5.74, 6) is 0.182. The van der Waals surface area contributed by atoms with Crippen LogP contribution in [0.4, 0.5) is 0 Å². The largest absolute Gasteiger partial charge is 0.497 e. The van der Waals surface area contributed by atoms with Gasteiger partial charge < -0.3 is 24.4 Å². The van der Waals surface area contributed by atoms with Gasteiger partial charge in [-0.25, -0.2) is 0 Å². The minimum Gasteiger partial charge on any atom is -0.497 e. The van der Waals surface area contributed by atoms with Gasteiger partial charge in [0.05, 0.1) is 13.7 Å². The Hall–Kier alpha value is -1.67. The third kappa shape index (κ3) is 6.15. The number of primary amides is 1. The molecule has 164 valence electrons. The molecular formula is C22H37NO5Si. The smallest absolute Gasteiger partial charge is 0.251 e. The fourth-order valence-corrected chi connectivity index (χ4v) is 4.38. The zero-order valence-corrected chi connectivity index (χ0v) is 20.1. The Morgan fingerprint density at radius 1 is 1.17 bits per heavy atom. The molecule has 1 rings (SSSR count). The highest BCUT2D eigenvalue weighted by Gasteiger charge is 2.51. The molecule has 0 saturated heterocycles. The lowest BCUT2D eigenvalue weighted by molar-refractivity contribution is -0.161. The molecule has 0 aliphatic rings. The van der Waals surface area contributed by atoms with E-state index in [0.29, 0.717) is 6.61 Å². The Morgan fingerprint density at radius 3 is 2.10 bits per heavy atom. The lowest BCUT2D eigenvalue weighted by Gasteiger charge is -2.46. The van der Waals surface area contributed by atoms with E-state index in [-0.39, 0.29) is 5.04 Å². The Bertz CT molecular complexity index is 683. The number of rotatable bonds is 11. The highest BCUT2D eigenvalue weighted by Crippen LogP contribution is 2.40. The monoisotopic (exact) mass is 423 g/mol. The van der Waals surface area contributed by atoms with Crippen LogP contribution in [0.2, 0.25) is 18.1 Å². The molecule has 0 aliphatic heterocycles. The first-order valence-electron chi connectivity index (χ1n) is 9.72. The van der Waals surface area contributed by atoms with Gasteiger partial charge in [-0.3, -0.25) is 4.79 Å². The number of benzene rings is 1. The van der Waals surface area contributed by atoms with E-state index in [1.54, 1.807) is 20.1 Å². The third-order valence-electron chi connectivity index (χ3n) is 5.69. The van der Waals surface area contributed by atoms with Crippen molar-refractivity contribution in [1.29, 1.82) is 0 Å². The van der Waals surface area contributed by atoms with Crippen molar-refractivity contribution in [3.05, 3.63) is 42.5 Å². The zero-order chi connectivity index (χ0) is 22.5. The van der Waals surface area contributed by atoms with Crippen LogP contribution in [-0.4, -0.2) is 46.3 Å². The molecule has 0 heterocycles. The molecule has 0 aromatic heterocycles. The molecule has 29 heavy (non-hydrogen) atoms. The molecule has 3 atom stereocenters. The normalized spacial score (nSPS) is 16.6. The summed E-state index contributed by atoms with van der Waals surface area (Å²) in [6, 6.07) is 7.56. The molecule has 0 saturated carbocycles. The van der Waals surface area contributed by atoms with Crippen molar-refractivity contribution in [3.63, 3.8) is 0 Å². The van der Waals surface area contributed by atoms with Gasteiger partial charge in [0, 0.05) is 7.11 Å². The van der Waals surface area contributed by atoms with Gasteiger partial charge in [0.2, 0.25) is 0 Å². The van der Waals surface area contributed by atoms with E-state index in [4.69, 9.17) is 24.4 Å². The van der Waals surface area contributed by atoms with Crippen LogP contribution in [0.25, 0.3) is 0 Å². The third-order valence-corrected chi connectivity index (χ3v) is 10.2. The lowest BCUT2D eigenvalue weighted by atomic mass is 9.93. The van der Waals surface area contributed by atoms with Gasteiger partial charge >= 0.3 is 0 Å². The molecule has 7 heteroatoms. The second-order valence-corrected chi connectivity index (χ2v) is 13.6. The van der Waals surface area contributed by atoms with Crippen molar-refractivity contribution in [2.24, 2.45) is 5.73 Å². The van der Waals surface area contributed by atoms with E-state index in [1.165, 1.54) is 7.11 Å². The van der Waals surface area contributed by atoms with Crippen LogP contribution in [-0.2, 0) is 25.3 Å². The quantitative estimate of drug-likeness (QED) is 0.429. The summed E-state index contributed by atoms with van der Waals surface area (Å²) >= 11 is 0. The van der Waals surface area contributed by atoms with Gasteiger partial charge in [0.1, 0.15) is 18.0 Å². The first kappa shape index (κ1) is 25.4. The van der Waals surface area contributed by atoms with Crippen LogP contribution in [0, 0.1) is 0 Å². The van der Waals surface area contributed by atoms with Crippen molar-refractivity contribution in [2.45, 2.75) is 70.2 Å². The van der Waals surface area contributed by atoms with Crippen molar-refractivity contribution in [3.8, 4) is 5.75 Å². The predicted molar refractivity (Wildman–Crippen MR) is 118 cm³/mol. The first-order valence-corrected chi connectivity index (χ1v) is 12.6. The zero-order valence-electron chi connectivity index (χ0n) is 19.1. The molecule has 1 aromatic carbocycles. The number of hydrogen-bond donors (Lipinski definition) is 1. The summed E-state index contributed by atoms with van der Waals surface area (Å²) < 4.78 is 23.4. The first-order chi connectivity index (χ1) is 13.3. The predicted octanol–water partition coefficient (Wildman–Crippen LogP) is 4.05. The Kier molecular flexibility index (Phi) is 8.65. The molecular weight excluding hydrogens is 386 g/mol. The minimum atomic E-state index is -2.32. The molecule has 0 spiro atoms. The number of methoxy groups -OCH3 is 2. The van der Waals surface area contributed by atoms with Gasteiger partial charge in [-0.1, -0.05) is 39.0 Å². The fourth-order valence-electron chi connectivity index (χ4n) is 2.80. The molecule has 0 radical (unpaired) electrons. The average molecular weight is 424 g/mol. The molecule has 2 N–H and O–H groups in total. The molecule has 6 nitrogen and oxygen atoms in total. The number of nitrogens with two attached hydrogens (primary N) is 1. The van der Waals surface area contributed by atoms with E-state index in [0.717, 1.165) is 11.3 Å². The highest BCUT2D eigenvalue weighted by molar-refractivity contribution is 6.74. The number of carbonyl (C=O) groups is 1. The van der Waals surface area contributed by atoms with E-state index in [1.807, 2.05) is 24.3 Å². The SMILES string of the molecule is C=C[C@H](OCc1ccc(OC)cc1)C(OC)[C@](C)(O[Si](C)(C)C(C)(C)C)C(N)=O. The summed E-state index contributed by atoms with van der Waals surface area (Å²) in [5.41, 5.74) is 5.40. The minimum absolute atomic E-state index is 0.102. The van der Waals surface area contributed by atoms with Crippen LogP contribution < -0.4 is 10.5 Å². The van der Waals surface area contributed by atoms with Crippen molar-refractivity contribution >= 4 is 14.2 Å². The lowest BCUT2D eigenvalue weighted by Crippen LogP contribution is -2.63. The van der Waals surface area contributed by atoms with Crippen LogP contribution in [0.3, 0.4) is 0 Å². The van der Waals surface area contributed by atoms with Gasteiger partial charge in [-0.15, -0.1) is 6.58 Å². The Balaban J connectivity index is 3.10. The highest BCUT2D eigenvalue weighted by atomic mass is 28.4. The van der Waals surface area contributed by atoms with Crippen molar-refractivity contribution < 1.29 is 23.4 Å². The maximum absolute atomic E-state index is 12.5. The molecule has 0 aliphatic carbocycles. The maximum Gasteiger partial charge on any atom is 0.251 e. The van der Waals surface area contributed by atoms with E-state index in [2.05, 4.69) is 40.4 Å².